The number of carbonyl (C=O) groups excluding carboxylic acids is 1. The Balaban J connectivity index is 1.94. The molecule has 104 valence electrons. The largest absolute Gasteiger partial charge is 0.319 e. The molecule has 0 aliphatic heterocycles. The maximum absolute atomic E-state index is 12.3. The number of aryl methyl sites for hydroxylation is 1. The summed E-state index contributed by atoms with van der Waals surface area (Å²) in [6.45, 7) is 1.87. The lowest BCUT2D eigenvalue weighted by Gasteiger charge is -2.09. The average molecular weight is 298 g/mol. The van der Waals surface area contributed by atoms with Crippen molar-refractivity contribution in [2.45, 2.75) is 6.92 Å². The molecule has 2 heterocycles. The summed E-state index contributed by atoms with van der Waals surface area (Å²) in [5.74, 6) is -0.223. The molecule has 4 nitrogen and oxygen atoms in total. The number of rotatable bonds is 2. The number of fused-ring (bicyclic) bond motifs is 1. The van der Waals surface area contributed by atoms with Crippen molar-refractivity contribution in [3.05, 3.63) is 65.1 Å². The molecule has 1 N–H and O–H groups in total. The monoisotopic (exact) mass is 297 g/mol. The van der Waals surface area contributed by atoms with Gasteiger partial charge in [-0.2, -0.15) is 0 Å². The summed E-state index contributed by atoms with van der Waals surface area (Å²) >= 11 is 6.02. The third-order valence-electron chi connectivity index (χ3n) is 3.22. The van der Waals surface area contributed by atoms with Gasteiger partial charge in [0.1, 0.15) is 0 Å². The number of nitrogens with one attached hydrogen (secondary N) is 1. The van der Waals surface area contributed by atoms with E-state index >= 15 is 0 Å². The number of anilines is 1. The molecule has 0 spiro atoms. The van der Waals surface area contributed by atoms with Gasteiger partial charge in [-0.3, -0.25) is 9.78 Å². The molecule has 2 aromatic heterocycles. The molecular weight excluding hydrogens is 286 g/mol. The zero-order valence-corrected chi connectivity index (χ0v) is 12.1. The fourth-order valence-corrected chi connectivity index (χ4v) is 2.33. The Hall–Kier alpha value is -2.46. The molecule has 0 fully saturated rings. The van der Waals surface area contributed by atoms with E-state index in [0.29, 0.717) is 11.3 Å². The van der Waals surface area contributed by atoms with Crippen LogP contribution in [0.4, 0.5) is 5.69 Å². The molecule has 0 radical (unpaired) electrons. The molecule has 0 aliphatic carbocycles. The molecule has 0 aliphatic rings. The van der Waals surface area contributed by atoms with Crippen LogP contribution >= 0.6 is 11.6 Å². The van der Waals surface area contributed by atoms with Crippen LogP contribution in [0.5, 0.6) is 0 Å². The molecule has 3 aromatic rings. The summed E-state index contributed by atoms with van der Waals surface area (Å²) in [4.78, 5) is 20.6. The Morgan fingerprint density at radius 3 is 2.81 bits per heavy atom. The lowest BCUT2D eigenvalue weighted by atomic mass is 10.1. The minimum Gasteiger partial charge on any atom is -0.319 e. The highest BCUT2D eigenvalue weighted by Crippen LogP contribution is 2.24. The lowest BCUT2D eigenvalue weighted by molar-refractivity contribution is 0.102. The minimum absolute atomic E-state index is 0.223. The van der Waals surface area contributed by atoms with Crippen molar-refractivity contribution in [2.24, 2.45) is 0 Å². The Labute approximate surface area is 126 Å². The van der Waals surface area contributed by atoms with E-state index in [1.807, 2.05) is 25.1 Å². The van der Waals surface area contributed by atoms with Gasteiger partial charge < -0.3 is 5.32 Å². The summed E-state index contributed by atoms with van der Waals surface area (Å²) < 4.78 is 0. The van der Waals surface area contributed by atoms with E-state index in [9.17, 15) is 4.79 Å². The summed E-state index contributed by atoms with van der Waals surface area (Å²) in [6.07, 6.45) is 3.33. The Morgan fingerprint density at radius 2 is 2.00 bits per heavy atom. The van der Waals surface area contributed by atoms with Gasteiger partial charge in [0.15, 0.2) is 5.15 Å². The van der Waals surface area contributed by atoms with Crippen molar-refractivity contribution in [1.29, 1.82) is 0 Å². The quantitative estimate of drug-likeness (QED) is 0.731. The van der Waals surface area contributed by atoms with Crippen molar-refractivity contribution >= 4 is 34.1 Å². The summed E-state index contributed by atoms with van der Waals surface area (Å²) in [5.41, 5.74) is 2.81. The highest BCUT2D eigenvalue weighted by atomic mass is 35.5. The molecule has 5 heteroatoms. The Kier molecular flexibility index (Phi) is 3.54. The topological polar surface area (TPSA) is 54.9 Å². The van der Waals surface area contributed by atoms with Crippen molar-refractivity contribution < 1.29 is 4.79 Å². The number of carbonyl (C=O) groups is 1. The fraction of sp³-hybridized carbons (Fsp3) is 0.0625. The summed E-state index contributed by atoms with van der Waals surface area (Å²) in [5, 5.41) is 4.00. The van der Waals surface area contributed by atoms with Gasteiger partial charge in [-0.05, 0) is 42.8 Å². The van der Waals surface area contributed by atoms with E-state index < -0.39 is 0 Å². The molecule has 3 rings (SSSR count). The maximum atomic E-state index is 12.3. The molecular formula is C16H12ClN3O. The van der Waals surface area contributed by atoms with Gasteiger partial charge in [-0.25, -0.2) is 4.98 Å². The number of benzene rings is 1. The normalized spacial score (nSPS) is 10.6. The van der Waals surface area contributed by atoms with Crippen molar-refractivity contribution in [1.82, 2.24) is 9.97 Å². The van der Waals surface area contributed by atoms with Crippen LogP contribution in [0.25, 0.3) is 10.9 Å². The zero-order chi connectivity index (χ0) is 14.8. The second-order valence-corrected chi connectivity index (χ2v) is 5.02. The van der Waals surface area contributed by atoms with E-state index in [1.165, 1.54) is 0 Å². The van der Waals surface area contributed by atoms with Gasteiger partial charge in [0.2, 0.25) is 0 Å². The van der Waals surface area contributed by atoms with Crippen LogP contribution in [0.15, 0.2) is 48.8 Å². The minimum atomic E-state index is -0.223. The van der Waals surface area contributed by atoms with Crippen molar-refractivity contribution in [3.63, 3.8) is 0 Å². The van der Waals surface area contributed by atoms with Crippen LogP contribution in [-0.4, -0.2) is 15.9 Å². The maximum Gasteiger partial charge on any atom is 0.255 e. The molecule has 0 bridgehead atoms. The second kappa shape index (κ2) is 5.50. The molecule has 1 aromatic carbocycles. The summed E-state index contributed by atoms with van der Waals surface area (Å²) in [6, 6.07) is 10.9. The number of nitrogens with zero attached hydrogens (tertiary/aromatic N) is 2. The number of aromatic nitrogens is 2. The number of hydrogen-bond acceptors (Lipinski definition) is 3. The SMILES string of the molecule is Cc1ccnc(Cl)c1NC(=O)c1ccc2ncccc2c1. The first-order valence-electron chi connectivity index (χ1n) is 6.42. The third-order valence-corrected chi connectivity index (χ3v) is 3.50. The van der Waals surface area contributed by atoms with Gasteiger partial charge >= 0.3 is 0 Å². The van der Waals surface area contributed by atoms with Crippen LogP contribution in [0.2, 0.25) is 5.15 Å². The molecule has 1 amide bonds. The predicted octanol–water partition coefficient (Wildman–Crippen LogP) is 3.84. The van der Waals surface area contributed by atoms with E-state index in [1.54, 1.807) is 30.6 Å². The lowest BCUT2D eigenvalue weighted by Crippen LogP contribution is -2.13. The van der Waals surface area contributed by atoms with E-state index in [0.717, 1.165) is 16.5 Å². The smallest absolute Gasteiger partial charge is 0.255 e. The highest BCUT2D eigenvalue weighted by Gasteiger charge is 2.11. The predicted molar refractivity (Wildman–Crippen MR) is 83.7 cm³/mol. The standard InChI is InChI=1S/C16H12ClN3O/c1-10-6-8-19-15(17)14(10)20-16(21)12-4-5-13-11(9-12)3-2-7-18-13/h2-9H,1H3,(H,20,21). The van der Waals surface area contributed by atoms with Gasteiger partial charge in [0, 0.05) is 23.3 Å². The van der Waals surface area contributed by atoms with Crippen LogP contribution in [0.1, 0.15) is 15.9 Å². The van der Waals surface area contributed by atoms with Crippen LogP contribution in [0, 0.1) is 6.92 Å². The molecule has 21 heavy (non-hydrogen) atoms. The molecule has 0 unspecified atom stereocenters. The Morgan fingerprint density at radius 1 is 1.14 bits per heavy atom. The number of amides is 1. The second-order valence-electron chi connectivity index (χ2n) is 4.66. The van der Waals surface area contributed by atoms with E-state index in [2.05, 4.69) is 15.3 Å². The zero-order valence-electron chi connectivity index (χ0n) is 11.3. The fourth-order valence-electron chi connectivity index (χ4n) is 2.08. The van der Waals surface area contributed by atoms with E-state index in [-0.39, 0.29) is 11.1 Å². The van der Waals surface area contributed by atoms with Crippen LogP contribution in [-0.2, 0) is 0 Å². The third kappa shape index (κ3) is 2.71. The average Bonchev–Trinajstić information content (AvgIpc) is 2.50. The number of pyridine rings is 2. The number of halogens is 1. The Bertz CT molecular complexity index is 812. The summed E-state index contributed by atoms with van der Waals surface area (Å²) in [7, 11) is 0. The first kappa shape index (κ1) is 13.5. The highest BCUT2D eigenvalue weighted by molar-refractivity contribution is 6.32. The van der Waals surface area contributed by atoms with Crippen LogP contribution in [0.3, 0.4) is 0 Å². The van der Waals surface area contributed by atoms with Gasteiger partial charge in [0.25, 0.3) is 5.91 Å². The van der Waals surface area contributed by atoms with Crippen molar-refractivity contribution in [3.8, 4) is 0 Å². The van der Waals surface area contributed by atoms with Gasteiger partial charge in [0.05, 0.1) is 11.2 Å². The molecule has 0 saturated carbocycles. The molecule has 0 saturated heterocycles. The molecule has 0 atom stereocenters. The van der Waals surface area contributed by atoms with Gasteiger partial charge in [-0.15, -0.1) is 0 Å². The first-order valence-corrected chi connectivity index (χ1v) is 6.80. The van der Waals surface area contributed by atoms with Gasteiger partial charge in [-0.1, -0.05) is 17.7 Å². The first-order chi connectivity index (χ1) is 10.1. The van der Waals surface area contributed by atoms with Crippen molar-refractivity contribution in [2.75, 3.05) is 5.32 Å². The van der Waals surface area contributed by atoms with E-state index in [4.69, 9.17) is 11.6 Å². The van der Waals surface area contributed by atoms with Crippen LogP contribution < -0.4 is 5.32 Å². The number of hydrogen-bond donors (Lipinski definition) is 1.